The smallest absolute Gasteiger partial charge is 0.145 e. The summed E-state index contributed by atoms with van der Waals surface area (Å²) in [5, 5.41) is 4.41. The number of ether oxygens (including phenoxy) is 1. The molecule has 1 aromatic carbocycles. The topological polar surface area (TPSA) is 30.8 Å². The quantitative estimate of drug-likeness (QED) is 0.777. The summed E-state index contributed by atoms with van der Waals surface area (Å²) in [7, 11) is 1.68. The summed E-state index contributed by atoms with van der Waals surface area (Å²) < 4.78 is 5.33. The van der Waals surface area contributed by atoms with Crippen molar-refractivity contribution < 1.29 is 9.57 Å². The molecule has 0 aliphatic heterocycles. The van der Waals surface area contributed by atoms with Crippen molar-refractivity contribution in [2.24, 2.45) is 22.4 Å². The summed E-state index contributed by atoms with van der Waals surface area (Å²) in [5.74, 6) is 2.13. The third-order valence-electron chi connectivity index (χ3n) is 4.89. The van der Waals surface area contributed by atoms with Crippen molar-refractivity contribution in [1.82, 2.24) is 0 Å². The number of allylic oxidation sites excluding steroid dienone is 2. The average molecular weight is 285 g/mol. The second kappa shape index (κ2) is 5.21. The number of oxime groups is 1. The molecule has 0 amide bonds. The highest BCUT2D eigenvalue weighted by molar-refractivity contribution is 6.01. The molecular weight excluding hydrogens is 262 g/mol. The van der Waals surface area contributed by atoms with E-state index >= 15 is 0 Å². The van der Waals surface area contributed by atoms with Gasteiger partial charge in [-0.25, -0.2) is 0 Å². The van der Waals surface area contributed by atoms with Crippen molar-refractivity contribution in [3.8, 4) is 5.75 Å². The Hall–Kier alpha value is -1.77. The van der Waals surface area contributed by atoms with E-state index in [1.807, 2.05) is 24.3 Å². The van der Waals surface area contributed by atoms with Gasteiger partial charge in [-0.05, 0) is 36.8 Å². The zero-order chi connectivity index (χ0) is 15.0. The van der Waals surface area contributed by atoms with Crippen LogP contribution in [0.1, 0.15) is 32.8 Å². The molecular formula is C18H23NO2. The van der Waals surface area contributed by atoms with Crippen molar-refractivity contribution in [3.05, 3.63) is 41.5 Å². The first-order chi connectivity index (χ1) is 10.0. The Bertz CT molecular complexity index is 601. The lowest BCUT2D eigenvalue weighted by atomic mass is 10.00. The molecule has 2 unspecified atom stereocenters. The van der Waals surface area contributed by atoms with Crippen LogP contribution in [0.25, 0.3) is 0 Å². The van der Waals surface area contributed by atoms with Gasteiger partial charge >= 0.3 is 0 Å². The first-order valence-electron chi connectivity index (χ1n) is 7.53. The minimum Gasteiger partial charge on any atom is -0.496 e. The lowest BCUT2D eigenvalue weighted by Crippen LogP contribution is -2.08. The summed E-state index contributed by atoms with van der Waals surface area (Å²) in [6, 6.07) is 7.89. The van der Waals surface area contributed by atoms with Gasteiger partial charge in [0.05, 0.1) is 12.8 Å². The van der Waals surface area contributed by atoms with E-state index in [1.54, 1.807) is 7.11 Å². The lowest BCUT2D eigenvalue weighted by Gasteiger charge is -2.10. The van der Waals surface area contributed by atoms with Gasteiger partial charge in [0.2, 0.25) is 0 Å². The average Bonchev–Trinajstić information content (AvgIpc) is 3.01. The number of rotatable bonds is 4. The Morgan fingerprint density at radius 2 is 2.05 bits per heavy atom. The second-order valence-electron chi connectivity index (χ2n) is 6.70. The molecule has 0 heterocycles. The van der Waals surface area contributed by atoms with Crippen molar-refractivity contribution in [3.63, 3.8) is 0 Å². The minimum absolute atomic E-state index is 0.362. The van der Waals surface area contributed by atoms with E-state index in [4.69, 9.17) is 9.57 Å². The third kappa shape index (κ3) is 2.57. The molecule has 2 aliphatic rings. The van der Waals surface area contributed by atoms with E-state index in [0.717, 1.165) is 22.9 Å². The van der Waals surface area contributed by atoms with Gasteiger partial charge in [-0.3, -0.25) is 0 Å². The summed E-state index contributed by atoms with van der Waals surface area (Å²) in [6.07, 6.45) is 3.39. The maximum absolute atomic E-state index is 5.60. The highest BCUT2D eigenvalue weighted by Gasteiger charge is 2.60. The standard InChI is InChI=1S/C18H23NO2/c1-12-9-14-17(18(14,2)3)15(10-12)19-21-11-13-7-5-6-8-16(13)20-4/h5-8,10,14,17H,9,11H2,1-4H3/b19-15-. The van der Waals surface area contributed by atoms with E-state index in [9.17, 15) is 0 Å². The van der Waals surface area contributed by atoms with Crippen LogP contribution >= 0.6 is 0 Å². The fraction of sp³-hybridized carbons (Fsp3) is 0.500. The molecule has 0 radical (unpaired) electrons. The SMILES string of the molecule is COc1ccccc1CO/N=C1/C=C(C)CC2C1C2(C)C. The fourth-order valence-corrected chi connectivity index (χ4v) is 3.54. The number of benzene rings is 1. The molecule has 3 rings (SSSR count). The summed E-state index contributed by atoms with van der Waals surface area (Å²) >= 11 is 0. The van der Waals surface area contributed by atoms with E-state index in [2.05, 4.69) is 32.0 Å². The van der Waals surface area contributed by atoms with Crippen LogP contribution in [0.2, 0.25) is 0 Å². The lowest BCUT2D eigenvalue weighted by molar-refractivity contribution is 0.127. The van der Waals surface area contributed by atoms with E-state index in [-0.39, 0.29) is 0 Å². The Balaban J connectivity index is 1.70. The molecule has 3 heteroatoms. The molecule has 1 saturated carbocycles. The third-order valence-corrected chi connectivity index (χ3v) is 4.89. The van der Waals surface area contributed by atoms with Gasteiger partial charge in [0.1, 0.15) is 12.4 Å². The van der Waals surface area contributed by atoms with Crippen LogP contribution in [0, 0.1) is 17.3 Å². The maximum Gasteiger partial charge on any atom is 0.145 e. The molecule has 1 aromatic rings. The predicted octanol–water partition coefficient (Wildman–Crippen LogP) is 4.19. The minimum atomic E-state index is 0.362. The molecule has 2 atom stereocenters. The molecule has 3 nitrogen and oxygen atoms in total. The first kappa shape index (κ1) is 14.2. The van der Waals surface area contributed by atoms with Crippen LogP contribution < -0.4 is 4.74 Å². The van der Waals surface area contributed by atoms with E-state index < -0.39 is 0 Å². The van der Waals surface area contributed by atoms with Crippen LogP contribution in [0.5, 0.6) is 5.75 Å². The monoisotopic (exact) mass is 285 g/mol. The Morgan fingerprint density at radius 3 is 2.81 bits per heavy atom. The summed E-state index contributed by atoms with van der Waals surface area (Å²) in [4.78, 5) is 5.60. The summed E-state index contributed by atoms with van der Waals surface area (Å²) in [5.41, 5.74) is 3.89. The van der Waals surface area contributed by atoms with Gasteiger partial charge in [0.15, 0.2) is 0 Å². The van der Waals surface area contributed by atoms with Crippen LogP contribution in [-0.4, -0.2) is 12.8 Å². The largest absolute Gasteiger partial charge is 0.496 e. The maximum atomic E-state index is 5.60. The molecule has 0 spiro atoms. The van der Waals surface area contributed by atoms with Crippen molar-refractivity contribution >= 4 is 5.71 Å². The van der Waals surface area contributed by atoms with Gasteiger partial charge in [-0.2, -0.15) is 0 Å². The van der Waals surface area contributed by atoms with Gasteiger partial charge in [-0.1, -0.05) is 42.8 Å². The van der Waals surface area contributed by atoms with Crippen LogP contribution in [0.3, 0.4) is 0 Å². The molecule has 112 valence electrons. The zero-order valence-electron chi connectivity index (χ0n) is 13.2. The van der Waals surface area contributed by atoms with Gasteiger partial charge in [0.25, 0.3) is 0 Å². The number of methoxy groups -OCH3 is 1. The number of hydrogen-bond acceptors (Lipinski definition) is 3. The van der Waals surface area contributed by atoms with E-state index in [1.165, 1.54) is 12.0 Å². The molecule has 0 aromatic heterocycles. The molecule has 0 bridgehead atoms. The van der Waals surface area contributed by atoms with Crippen molar-refractivity contribution in [2.45, 2.75) is 33.8 Å². The van der Waals surface area contributed by atoms with Crippen molar-refractivity contribution in [1.29, 1.82) is 0 Å². The number of fused-ring (bicyclic) bond motifs is 1. The van der Waals surface area contributed by atoms with Gasteiger partial charge in [0, 0.05) is 11.5 Å². The normalized spacial score (nSPS) is 27.8. The molecule has 0 N–H and O–H groups in total. The van der Waals surface area contributed by atoms with E-state index in [0.29, 0.717) is 17.9 Å². The van der Waals surface area contributed by atoms with Gasteiger partial charge < -0.3 is 9.57 Å². The molecule has 2 aliphatic carbocycles. The van der Waals surface area contributed by atoms with Crippen LogP contribution in [-0.2, 0) is 11.4 Å². The fourth-order valence-electron chi connectivity index (χ4n) is 3.54. The molecule has 21 heavy (non-hydrogen) atoms. The molecule has 0 saturated heterocycles. The second-order valence-corrected chi connectivity index (χ2v) is 6.70. The van der Waals surface area contributed by atoms with Crippen LogP contribution in [0.4, 0.5) is 0 Å². The Kier molecular flexibility index (Phi) is 3.52. The Labute approximate surface area is 126 Å². The van der Waals surface area contributed by atoms with Crippen molar-refractivity contribution in [2.75, 3.05) is 7.11 Å². The zero-order valence-corrected chi connectivity index (χ0v) is 13.2. The summed E-state index contributed by atoms with van der Waals surface area (Å²) in [6.45, 7) is 7.27. The predicted molar refractivity (Wildman–Crippen MR) is 84.4 cm³/mol. The highest BCUT2D eigenvalue weighted by Crippen LogP contribution is 2.63. The highest BCUT2D eigenvalue weighted by atomic mass is 16.6. The van der Waals surface area contributed by atoms with Gasteiger partial charge in [-0.15, -0.1) is 0 Å². The number of hydrogen-bond donors (Lipinski definition) is 0. The van der Waals surface area contributed by atoms with Crippen LogP contribution in [0.15, 0.2) is 41.1 Å². The number of nitrogens with zero attached hydrogens (tertiary/aromatic N) is 1. The number of para-hydroxylation sites is 1. The molecule has 1 fully saturated rings. The Morgan fingerprint density at radius 1 is 1.29 bits per heavy atom. The first-order valence-corrected chi connectivity index (χ1v) is 7.53.